The molecule has 0 fully saturated rings. The van der Waals surface area contributed by atoms with E-state index in [1.807, 2.05) is 37.5 Å². The number of benzene rings is 1. The van der Waals surface area contributed by atoms with E-state index in [4.69, 9.17) is 0 Å². The second-order valence-corrected chi connectivity index (χ2v) is 11.8. The Morgan fingerprint density at radius 2 is 1.74 bits per heavy atom. The van der Waals surface area contributed by atoms with Crippen LogP contribution in [0.4, 0.5) is 0 Å². The van der Waals surface area contributed by atoms with E-state index in [9.17, 15) is 0 Å². The Bertz CT molecular complexity index is 1680. The zero-order valence-corrected chi connectivity index (χ0v) is 29.3. The lowest BCUT2D eigenvalue weighted by molar-refractivity contribution is 0.388. The zero-order valence-electron chi connectivity index (χ0n) is 29.3. The number of rotatable bonds is 15. The molecule has 1 heterocycles. The molecule has 0 bridgehead atoms. The lowest BCUT2D eigenvalue weighted by atomic mass is 9.70. The van der Waals surface area contributed by atoms with Gasteiger partial charge < -0.3 is 0 Å². The molecule has 1 aliphatic rings. The molecule has 2 heteroatoms. The lowest BCUT2D eigenvalue weighted by Crippen LogP contribution is -2.23. The van der Waals surface area contributed by atoms with E-state index in [2.05, 4.69) is 149 Å². The van der Waals surface area contributed by atoms with Gasteiger partial charge in [-0.3, -0.25) is 9.98 Å². The first-order chi connectivity index (χ1) is 22.8. The van der Waals surface area contributed by atoms with Gasteiger partial charge in [-0.2, -0.15) is 0 Å². The Balaban J connectivity index is 2.12. The summed E-state index contributed by atoms with van der Waals surface area (Å²) in [7, 11) is 0. The fourth-order valence-electron chi connectivity index (χ4n) is 6.17. The monoisotopic (exact) mass is 620 g/mol. The van der Waals surface area contributed by atoms with Gasteiger partial charge in [-0.1, -0.05) is 144 Å². The lowest BCUT2D eigenvalue weighted by Gasteiger charge is -2.34. The molecule has 3 atom stereocenters. The first-order valence-corrected chi connectivity index (χ1v) is 16.8. The molecule has 3 unspecified atom stereocenters. The summed E-state index contributed by atoms with van der Waals surface area (Å²) in [5.74, 6) is 0.797. The third kappa shape index (κ3) is 9.59. The maximum absolute atomic E-state index is 4.60. The van der Waals surface area contributed by atoms with Crippen LogP contribution in [0.2, 0.25) is 0 Å². The highest BCUT2D eigenvalue weighted by atomic mass is 14.7. The van der Waals surface area contributed by atoms with Crippen molar-refractivity contribution in [3.8, 4) is 0 Å². The maximum Gasteiger partial charge on any atom is 0.0346 e. The van der Waals surface area contributed by atoms with E-state index in [1.54, 1.807) is 12.4 Å². The number of aliphatic imine (C=N–C) groups is 1. The molecule has 0 radical (unpaired) electrons. The molecule has 47 heavy (non-hydrogen) atoms. The predicted octanol–water partition coefficient (Wildman–Crippen LogP) is 12.5. The fraction of sp³-hybridized carbons (Fsp3) is 0.244. The van der Waals surface area contributed by atoms with Gasteiger partial charge in [-0.25, -0.2) is 0 Å². The van der Waals surface area contributed by atoms with Crippen LogP contribution in [0.1, 0.15) is 71.1 Å². The van der Waals surface area contributed by atoms with Crippen LogP contribution < -0.4 is 0 Å². The van der Waals surface area contributed by atoms with Gasteiger partial charge in [0.2, 0.25) is 0 Å². The molecule has 2 nitrogen and oxygen atoms in total. The van der Waals surface area contributed by atoms with Crippen LogP contribution in [0, 0.1) is 17.8 Å². The molecule has 1 aliphatic carbocycles. The standard InChI is InChI=1S/C45H52N2/c1-10-15-22-37(13-4)45(38-23-18-17-19-24-38)43(25-16-11-2)35(8)34(7)41-26-20-27-42(36(41)9)44(21-12-3)40-30-39(31-47-32-40)33(6)28-29-46-14-5/h11-12,14-32,34,36,41H,2-3,6,10,13H2,1,4-5,7-9H3/b22-15-,25-16-,29-28-,43-35-,44-21-,45-37+,46-14-. The number of hydrogen-bond acceptors (Lipinski definition) is 2. The quantitative estimate of drug-likeness (QED) is 0.144. The van der Waals surface area contributed by atoms with Crippen molar-refractivity contribution < 1.29 is 0 Å². The molecule has 0 spiro atoms. The summed E-state index contributed by atoms with van der Waals surface area (Å²) in [6.07, 6.45) is 32.7. The van der Waals surface area contributed by atoms with Crippen LogP contribution in [0.5, 0.6) is 0 Å². The van der Waals surface area contributed by atoms with E-state index < -0.39 is 0 Å². The Morgan fingerprint density at radius 1 is 1.00 bits per heavy atom. The molecule has 0 N–H and O–H groups in total. The van der Waals surface area contributed by atoms with E-state index in [1.165, 1.54) is 33.4 Å². The van der Waals surface area contributed by atoms with Gasteiger partial charge in [0.05, 0.1) is 0 Å². The van der Waals surface area contributed by atoms with E-state index >= 15 is 0 Å². The van der Waals surface area contributed by atoms with Crippen LogP contribution in [-0.4, -0.2) is 11.2 Å². The van der Waals surface area contributed by atoms with E-state index in [0.717, 1.165) is 35.1 Å². The van der Waals surface area contributed by atoms with Gasteiger partial charge in [0.25, 0.3) is 0 Å². The number of aromatic nitrogens is 1. The number of nitrogens with zero attached hydrogens (tertiary/aromatic N) is 2. The van der Waals surface area contributed by atoms with Crippen molar-refractivity contribution in [2.45, 2.75) is 54.4 Å². The topological polar surface area (TPSA) is 25.2 Å². The van der Waals surface area contributed by atoms with Crippen molar-refractivity contribution in [1.29, 1.82) is 0 Å². The Kier molecular flexibility index (Phi) is 14.8. The molecule has 2 aromatic rings. The summed E-state index contributed by atoms with van der Waals surface area (Å²) in [5.41, 5.74) is 11.7. The molecular formula is C45H52N2. The third-order valence-electron chi connectivity index (χ3n) is 8.88. The van der Waals surface area contributed by atoms with Crippen LogP contribution >= 0.6 is 0 Å². The van der Waals surface area contributed by atoms with E-state index in [0.29, 0.717) is 0 Å². The molecule has 0 aliphatic heterocycles. The summed E-state index contributed by atoms with van der Waals surface area (Å²) in [6, 6.07) is 13.0. The Hall–Kier alpha value is -4.82. The van der Waals surface area contributed by atoms with Gasteiger partial charge >= 0.3 is 0 Å². The summed E-state index contributed by atoms with van der Waals surface area (Å²) in [6.45, 7) is 25.7. The second kappa shape index (κ2) is 19.0. The van der Waals surface area contributed by atoms with Crippen molar-refractivity contribution in [3.05, 3.63) is 181 Å². The highest BCUT2D eigenvalue weighted by molar-refractivity contribution is 5.87. The Labute approximate surface area is 284 Å². The van der Waals surface area contributed by atoms with Crippen molar-refractivity contribution in [2.24, 2.45) is 22.7 Å². The van der Waals surface area contributed by atoms with Gasteiger partial charge in [0.15, 0.2) is 0 Å². The first kappa shape index (κ1) is 36.6. The smallest absolute Gasteiger partial charge is 0.0346 e. The molecule has 3 rings (SSSR count). The summed E-state index contributed by atoms with van der Waals surface area (Å²) >= 11 is 0. The number of pyridine rings is 1. The molecule has 0 saturated carbocycles. The normalized spacial score (nSPS) is 18.9. The zero-order chi connectivity index (χ0) is 34.2. The summed E-state index contributed by atoms with van der Waals surface area (Å²) in [5, 5.41) is 0. The number of allylic oxidation sites excluding steroid dienone is 18. The molecule has 242 valence electrons. The SMILES string of the molecule is C=C\C=C/C(=C(\C)C(C)C1C=CC=C(/C(=C\C=C)c2cncc(C(=C)/C=C\N=C/C)c2)C1C)C(=C(/C=C\CC)CC)/c1ccccc1. The van der Waals surface area contributed by atoms with Crippen LogP contribution in [-0.2, 0) is 0 Å². The van der Waals surface area contributed by atoms with Gasteiger partial charge in [0.1, 0.15) is 0 Å². The van der Waals surface area contributed by atoms with Crippen LogP contribution in [0.25, 0.3) is 16.7 Å². The van der Waals surface area contributed by atoms with Gasteiger partial charge in [-0.05, 0) is 95.6 Å². The average Bonchev–Trinajstić information content (AvgIpc) is 3.10. The summed E-state index contributed by atoms with van der Waals surface area (Å²) in [4.78, 5) is 8.78. The highest BCUT2D eigenvalue weighted by Crippen LogP contribution is 2.43. The van der Waals surface area contributed by atoms with Crippen molar-refractivity contribution in [3.63, 3.8) is 0 Å². The molecule has 1 aromatic heterocycles. The van der Waals surface area contributed by atoms with Crippen molar-refractivity contribution in [2.75, 3.05) is 0 Å². The first-order valence-electron chi connectivity index (χ1n) is 16.8. The van der Waals surface area contributed by atoms with E-state index in [-0.39, 0.29) is 17.8 Å². The highest BCUT2D eigenvalue weighted by Gasteiger charge is 2.30. The predicted molar refractivity (Wildman–Crippen MR) is 209 cm³/mol. The van der Waals surface area contributed by atoms with Crippen LogP contribution in [0.15, 0.2) is 169 Å². The maximum atomic E-state index is 4.60. The molecule has 1 aromatic carbocycles. The fourth-order valence-corrected chi connectivity index (χ4v) is 6.17. The minimum absolute atomic E-state index is 0.251. The van der Waals surface area contributed by atoms with Crippen molar-refractivity contribution >= 4 is 22.9 Å². The minimum atomic E-state index is 0.251. The summed E-state index contributed by atoms with van der Waals surface area (Å²) < 4.78 is 0. The van der Waals surface area contributed by atoms with Crippen LogP contribution in [0.3, 0.4) is 0 Å². The van der Waals surface area contributed by atoms with Crippen molar-refractivity contribution in [1.82, 2.24) is 4.98 Å². The third-order valence-corrected chi connectivity index (χ3v) is 8.88. The average molecular weight is 621 g/mol. The largest absolute Gasteiger partial charge is 0.269 e. The Morgan fingerprint density at radius 3 is 2.40 bits per heavy atom. The molecule has 0 saturated heterocycles. The van der Waals surface area contributed by atoms with Gasteiger partial charge in [-0.15, -0.1) is 0 Å². The number of hydrogen-bond donors (Lipinski definition) is 0. The second-order valence-electron chi connectivity index (χ2n) is 11.8. The molecular weight excluding hydrogens is 569 g/mol. The molecule has 0 amide bonds. The van der Waals surface area contributed by atoms with Gasteiger partial charge in [0, 0.05) is 35.9 Å². The minimum Gasteiger partial charge on any atom is -0.269 e.